The maximum absolute atomic E-state index is 12.8. The second kappa shape index (κ2) is 8.42. The monoisotopic (exact) mass is 374 g/mol. The topological polar surface area (TPSA) is 88.5 Å². The molecule has 0 aliphatic carbocycles. The number of carbonyl (C=O) groups is 2. The zero-order chi connectivity index (χ0) is 18.5. The highest BCUT2D eigenvalue weighted by atomic mass is 32.1. The van der Waals surface area contributed by atoms with Gasteiger partial charge < -0.3 is 15.2 Å². The number of ether oxygens (including phenoxy) is 1. The van der Waals surface area contributed by atoms with E-state index in [1.807, 2.05) is 37.3 Å². The molecule has 1 amide bonds. The molecule has 2 unspecified atom stereocenters. The zero-order valence-corrected chi connectivity index (χ0v) is 15.4. The van der Waals surface area contributed by atoms with Crippen molar-refractivity contribution in [1.29, 1.82) is 0 Å². The van der Waals surface area contributed by atoms with Crippen molar-refractivity contribution in [2.75, 3.05) is 13.2 Å². The van der Waals surface area contributed by atoms with Gasteiger partial charge >= 0.3 is 5.97 Å². The highest BCUT2D eigenvalue weighted by Gasteiger charge is 2.25. The first kappa shape index (κ1) is 18.5. The number of benzene rings is 1. The van der Waals surface area contributed by atoms with Crippen LogP contribution in [-0.2, 0) is 9.53 Å². The number of nitrogens with zero attached hydrogens (tertiary/aromatic N) is 1. The minimum Gasteiger partial charge on any atom is -0.481 e. The summed E-state index contributed by atoms with van der Waals surface area (Å²) in [6.45, 7) is 3.22. The average molecular weight is 374 g/mol. The van der Waals surface area contributed by atoms with Gasteiger partial charge in [-0.2, -0.15) is 0 Å². The molecule has 2 atom stereocenters. The second-order valence-electron chi connectivity index (χ2n) is 6.40. The van der Waals surface area contributed by atoms with Crippen molar-refractivity contribution in [2.45, 2.75) is 38.1 Å². The van der Waals surface area contributed by atoms with Crippen molar-refractivity contribution < 1.29 is 19.4 Å². The molecule has 6 nitrogen and oxygen atoms in total. The van der Waals surface area contributed by atoms with Crippen LogP contribution < -0.4 is 5.32 Å². The van der Waals surface area contributed by atoms with Crippen LogP contribution >= 0.6 is 11.3 Å². The molecule has 1 fully saturated rings. The van der Waals surface area contributed by atoms with Crippen molar-refractivity contribution in [1.82, 2.24) is 10.3 Å². The molecule has 1 aromatic heterocycles. The maximum Gasteiger partial charge on any atom is 0.303 e. The number of nitrogens with one attached hydrogen (secondary N) is 1. The van der Waals surface area contributed by atoms with Crippen molar-refractivity contribution in [3.8, 4) is 0 Å². The van der Waals surface area contributed by atoms with Gasteiger partial charge in [-0.25, -0.2) is 4.98 Å². The Morgan fingerprint density at radius 3 is 2.81 bits per heavy atom. The molecule has 138 valence electrons. The molecule has 2 N–H and O–H groups in total. The number of carbonyl (C=O) groups excluding carboxylic acids is 1. The van der Waals surface area contributed by atoms with E-state index in [0.717, 1.165) is 23.6 Å². The quantitative estimate of drug-likeness (QED) is 0.776. The Labute approximate surface area is 156 Å². The minimum absolute atomic E-state index is 0.00776. The summed E-state index contributed by atoms with van der Waals surface area (Å²) in [5.74, 6) is -0.820. The Balaban J connectivity index is 1.75. The number of aromatic nitrogens is 1. The Bertz CT molecular complexity index is 769. The lowest BCUT2D eigenvalue weighted by Gasteiger charge is -2.18. The Morgan fingerprint density at radius 1 is 1.38 bits per heavy atom. The molecule has 2 aromatic rings. The average Bonchev–Trinajstić information content (AvgIpc) is 3.28. The number of thiazole rings is 1. The molecule has 0 spiro atoms. The fourth-order valence-electron chi connectivity index (χ4n) is 3.03. The van der Waals surface area contributed by atoms with Gasteiger partial charge in [0.1, 0.15) is 4.88 Å². The second-order valence-corrected chi connectivity index (χ2v) is 7.43. The van der Waals surface area contributed by atoms with Gasteiger partial charge in [-0.3, -0.25) is 9.59 Å². The van der Waals surface area contributed by atoms with Gasteiger partial charge in [0, 0.05) is 18.9 Å². The number of hydrogen-bond donors (Lipinski definition) is 2. The van der Waals surface area contributed by atoms with E-state index in [0.29, 0.717) is 23.6 Å². The lowest BCUT2D eigenvalue weighted by Crippen LogP contribution is -2.29. The summed E-state index contributed by atoms with van der Waals surface area (Å²) < 4.78 is 5.41. The fraction of sp³-hybridized carbons (Fsp3) is 0.421. The van der Waals surface area contributed by atoms with E-state index in [9.17, 15) is 9.59 Å². The minimum atomic E-state index is -0.877. The smallest absolute Gasteiger partial charge is 0.303 e. The number of hydrogen-bond acceptors (Lipinski definition) is 5. The number of rotatable bonds is 7. The van der Waals surface area contributed by atoms with Crippen molar-refractivity contribution in [3.63, 3.8) is 0 Å². The zero-order valence-electron chi connectivity index (χ0n) is 14.6. The molecule has 1 aliphatic rings. The third-order valence-corrected chi connectivity index (χ3v) is 5.77. The molecule has 0 bridgehead atoms. The molecule has 1 aliphatic heterocycles. The highest BCUT2D eigenvalue weighted by Crippen LogP contribution is 2.31. The number of aliphatic carboxylic acids is 1. The molecule has 1 saturated heterocycles. The van der Waals surface area contributed by atoms with Gasteiger partial charge in [0.25, 0.3) is 5.91 Å². The summed E-state index contributed by atoms with van der Waals surface area (Å²) in [6.07, 6.45) is 1.26. The predicted molar refractivity (Wildman–Crippen MR) is 98.5 cm³/mol. The lowest BCUT2D eigenvalue weighted by molar-refractivity contribution is -0.137. The normalized spacial score (nSPS) is 17.8. The standard InChI is InChI=1S/C19H22N2O4S/c1-12-17(26-19(20-12)14-9-10-25-11-14)18(24)21-15(7-8-16(22)23)13-5-3-2-4-6-13/h2-6,14-15H,7-11H2,1H3,(H,21,24)(H,22,23). The van der Waals surface area contributed by atoms with Crippen LogP contribution in [-0.4, -0.2) is 35.2 Å². The summed E-state index contributed by atoms with van der Waals surface area (Å²) in [5, 5.41) is 12.9. The first-order valence-corrected chi connectivity index (χ1v) is 9.49. The Hall–Kier alpha value is -2.25. The third-order valence-electron chi connectivity index (χ3n) is 4.45. The first-order chi connectivity index (χ1) is 12.5. The van der Waals surface area contributed by atoms with Gasteiger partial charge in [0.05, 0.1) is 23.4 Å². The molecule has 26 heavy (non-hydrogen) atoms. The van der Waals surface area contributed by atoms with Crippen molar-refractivity contribution >= 4 is 23.2 Å². The molecular formula is C19H22N2O4S. The fourth-order valence-corrected chi connectivity index (χ4v) is 4.12. The summed E-state index contributed by atoms with van der Waals surface area (Å²) in [5.41, 5.74) is 1.60. The van der Waals surface area contributed by atoms with Crippen LogP contribution in [0, 0.1) is 6.92 Å². The summed E-state index contributed by atoms with van der Waals surface area (Å²) in [4.78, 5) is 28.9. The van der Waals surface area contributed by atoms with Crippen LogP contribution in [0.25, 0.3) is 0 Å². The maximum atomic E-state index is 12.8. The van der Waals surface area contributed by atoms with E-state index in [2.05, 4.69) is 10.3 Å². The van der Waals surface area contributed by atoms with Gasteiger partial charge in [-0.1, -0.05) is 30.3 Å². The van der Waals surface area contributed by atoms with Crippen molar-refractivity contribution in [2.24, 2.45) is 0 Å². The van der Waals surface area contributed by atoms with Gasteiger partial charge in [0.2, 0.25) is 0 Å². The Morgan fingerprint density at radius 2 is 2.15 bits per heavy atom. The van der Waals surface area contributed by atoms with Crippen LogP contribution in [0.1, 0.15) is 57.2 Å². The molecule has 1 aromatic carbocycles. The first-order valence-electron chi connectivity index (χ1n) is 8.67. The molecular weight excluding hydrogens is 352 g/mol. The molecule has 3 rings (SSSR count). The predicted octanol–water partition coefficient (Wildman–Crippen LogP) is 3.29. The summed E-state index contributed by atoms with van der Waals surface area (Å²) in [6, 6.07) is 9.10. The number of carboxylic acid groups (broad SMARTS) is 1. The van der Waals surface area contributed by atoms with E-state index in [1.165, 1.54) is 11.3 Å². The van der Waals surface area contributed by atoms with Crippen LogP contribution in [0.3, 0.4) is 0 Å². The van der Waals surface area contributed by atoms with Gasteiger partial charge in [-0.05, 0) is 25.3 Å². The Kier molecular flexibility index (Phi) is 6.00. The largest absolute Gasteiger partial charge is 0.481 e. The highest BCUT2D eigenvalue weighted by molar-refractivity contribution is 7.13. The lowest BCUT2D eigenvalue weighted by atomic mass is 10.0. The van der Waals surface area contributed by atoms with Gasteiger partial charge in [-0.15, -0.1) is 11.3 Å². The third kappa shape index (κ3) is 4.47. The molecule has 2 heterocycles. The van der Waals surface area contributed by atoms with E-state index in [4.69, 9.17) is 9.84 Å². The van der Waals surface area contributed by atoms with E-state index in [1.54, 1.807) is 0 Å². The van der Waals surface area contributed by atoms with Crippen LogP contribution in [0.15, 0.2) is 30.3 Å². The number of carboxylic acids is 1. The summed E-state index contributed by atoms with van der Waals surface area (Å²) >= 11 is 1.41. The number of amides is 1. The van der Waals surface area contributed by atoms with Crippen LogP contribution in [0.5, 0.6) is 0 Å². The van der Waals surface area contributed by atoms with Crippen molar-refractivity contribution in [3.05, 3.63) is 51.5 Å². The van der Waals surface area contributed by atoms with Gasteiger partial charge in [0.15, 0.2) is 0 Å². The SMILES string of the molecule is Cc1nc(C2CCOC2)sc1C(=O)NC(CCC(=O)O)c1ccccc1. The van der Waals surface area contributed by atoms with Crippen LogP contribution in [0.4, 0.5) is 0 Å². The molecule has 7 heteroatoms. The van der Waals surface area contributed by atoms with Crippen LogP contribution in [0.2, 0.25) is 0 Å². The number of aryl methyl sites for hydroxylation is 1. The molecule has 0 radical (unpaired) electrons. The van der Waals surface area contributed by atoms with E-state index in [-0.39, 0.29) is 24.3 Å². The molecule has 0 saturated carbocycles. The van der Waals surface area contributed by atoms with E-state index < -0.39 is 5.97 Å². The van der Waals surface area contributed by atoms with E-state index >= 15 is 0 Å². The summed E-state index contributed by atoms with van der Waals surface area (Å²) in [7, 11) is 0.